The molecule has 3 rings (SSSR count). The minimum absolute atomic E-state index is 0.174. The fourth-order valence-corrected chi connectivity index (χ4v) is 2.08. The average Bonchev–Trinajstić information content (AvgIpc) is 2.89. The molecular formula is C16H13FO4. The van der Waals surface area contributed by atoms with Crippen molar-refractivity contribution in [1.82, 2.24) is 0 Å². The third-order valence-electron chi connectivity index (χ3n) is 3.21. The standard InChI is InChI=1S/C16H13FO4/c1-9-5-15(12(10(2)18)7-13(9)17)21-11-3-4-14-16(6-11)20-8-19-14/h3-7H,8H2,1-2H3. The molecule has 0 radical (unpaired) electrons. The first-order valence-electron chi connectivity index (χ1n) is 6.43. The molecule has 4 nitrogen and oxygen atoms in total. The van der Waals surface area contributed by atoms with E-state index < -0.39 is 5.82 Å². The maximum absolute atomic E-state index is 13.6. The first-order valence-corrected chi connectivity index (χ1v) is 6.43. The molecule has 0 bridgehead atoms. The number of hydrogen-bond acceptors (Lipinski definition) is 4. The van der Waals surface area contributed by atoms with Gasteiger partial charge in [-0.1, -0.05) is 0 Å². The molecule has 1 aliphatic heterocycles. The number of aryl methyl sites for hydroxylation is 1. The van der Waals surface area contributed by atoms with Gasteiger partial charge in [-0.2, -0.15) is 0 Å². The van der Waals surface area contributed by atoms with Crippen molar-refractivity contribution in [3.63, 3.8) is 0 Å². The largest absolute Gasteiger partial charge is 0.456 e. The van der Waals surface area contributed by atoms with Gasteiger partial charge in [0, 0.05) is 6.07 Å². The minimum Gasteiger partial charge on any atom is -0.456 e. The van der Waals surface area contributed by atoms with Gasteiger partial charge in [-0.05, 0) is 43.7 Å². The summed E-state index contributed by atoms with van der Waals surface area (Å²) in [5.74, 6) is 1.34. The number of rotatable bonds is 3. The second-order valence-electron chi connectivity index (χ2n) is 4.77. The Kier molecular flexibility index (Phi) is 3.25. The maximum atomic E-state index is 13.6. The molecule has 0 aromatic heterocycles. The molecule has 1 aliphatic rings. The van der Waals surface area contributed by atoms with E-state index in [-0.39, 0.29) is 18.1 Å². The smallest absolute Gasteiger partial charge is 0.231 e. The molecule has 1 heterocycles. The van der Waals surface area contributed by atoms with Gasteiger partial charge in [0.2, 0.25) is 6.79 Å². The van der Waals surface area contributed by atoms with Crippen LogP contribution in [0, 0.1) is 12.7 Å². The Morgan fingerprint density at radius 3 is 2.71 bits per heavy atom. The molecule has 0 spiro atoms. The summed E-state index contributed by atoms with van der Waals surface area (Å²) in [7, 11) is 0. The van der Waals surface area contributed by atoms with Crippen LogP contribution in [0.4, 0.5) is 4.39 Å². The van der Waals surface area contributed by atoms with Crippen molar-refractivity contribution in [3.8, 4) is 23.0 Å². The normalized spacial score (nSPS) is 12.3. The van der Waals surface area contributed by atoms with Crippen molar-refractivity contribution in [2.75, 3.05) is 6.79 Å². The van der Waals surface area contributed by atoms with E-state index in [2.05, 4.69) is 0 Å². The van der Waals surface area contributed by atoms with Gasteiger partial charge in [0.1, 0.15) is 17.3 Å². The van der Waals surface area contributed by atoms with E-state index in [4.69, 9.17) is 14.2 Å². The Labute approximate surface area is 121 Å². The molecule has 0 N–H and O–H groups in total. The van der Waals surface area contributed by atoms with Gasteiger partial charge in [-0.15, -0.1) is 0 Å². The lowest BCUT2D eigenvalue weighted by molar-refractivity contribution is 0.101. The molecule has 0 saturated heterocycles. The zero-order valence-corrected chi connectivity index (χ0v) is 11.6. The van der Waals surface area contributed by atoms with Crippen LogP contribution < -0.4 is 14.2 Å². The minimum atomic E-state index is -0.432. The molecular weight excluding hydrogens is 275 g/mol. The van der Waals surface area contributed by atoms with Crippen LogP contribution in [-0.2, 0) is 0 Å². The van der Waals surface area contributed by atoms with Crippen molar-refractivity contribution < 1.29 is 23.4 Å². The lowest BCUT2D eigenvalue weighted by Crippen LogP contribution is -2.00. The highest BCUT2D eigenvalue weighted by Crippen LogP contribution is 2.37. The van der Waals surface area contributed by atoms with Gasteiger partial charge in [0.15, 0.2) is 17.3 Å². The molecule has 0 saturated carbocycles. The van der Waals surface area contributed by atoms with E-state index in [1.807, 2.05) is 0 Å². The molecule has 5 heteroatoms. The lowest BCUT2D eigenvalue weighted by atomic mass is 10.1. The predicted molar refractivity (Wildman–Crippen MR) is 73.8 cm³/mol. The predicted octanol–water partition coefficient (Wildman–Crippen LogP) is 3.86. The molecule has 2 aromatic rings. The second-order valence-corrected chi connectivity index (χ2v) is 4.77. The van der Waals surface area contributed by atoms with Crippen molar-refractivity contribution in [2.24, 2.45) is 0 Å². The molecule has 0 aliphatic carbocycles. The van der Waals surface area contributed by atoms with Crippen molar-refractivity contribution in [3.05, 3.63) is 47.3 Å². The maximum Gasteiger partial charge on any atom is 0.231 e. The SMILES string of the molecule is CC(=O)c1cc(F)c(C)cc1Oc1ccc2c(c1)OCO2. The number of hydrogen-bond donors (Lipinski definition) is 0. The monoisotopic (exact) mass is 288 g/mol. The summed E-state index contributed by atoms with van der Waals surface area (Å²) in [6.45, 7) is 3.16. The van der Waals surface area contributed by atoms with Crippen molar-refractivity contribution >= 4 is 5.78 Å². The van der Waals surface area contributed by atoms with E-state index in [1.54, 1.807) is 25.1 Å². The number of halogens is 1. The third kappa shape index (κ3) is 2.54. The summed E-state index contributed by atoms with van der Waals surface area (Å²) in [5.41, 5.74) is 0.617. The highest BCUT2D eigenvalue weighted by atomic mass is 19.1. The number of Topliss-reactive ketones (excluding diaryl/α,β-unsaturated/α-hetero) is 1. The van der Waals surface area contributed by atoms with Crippen LogP contribution in [0.15, 0.2) is 30.3 Å². The lowest BCUT2D eigenvalue weighted by Gasteiger charge is -2.11. The summed E-state index contributed by atoms with van der Waals surface area (Å²) in [5, 5.41) is 0. The Morgan fingerprint density at radius 2 is 1.95 bits per heavy atom. The Morgan fingerprint density at radius 1 is 1.19 bits per heavy atom. The van der Waals surface area contributed by atoms with Gasteiger partial charge in [-0.25, -0.2) is 4.39 Å². The summed E-state index contributed by atoms with van der Waals surface area (Å²) in [6.07, 6.45) is 0. The van der Waals surface area contributed by atoms with Crippen LogP contribution in [0.3, 0.4) is 0 Å². The molecule has 21 heavy (non-hydrogen) atoms. The van der Waals surface area contributed by atoms with E-state index in [9.17, 15) is 9.18 Å². The number of fused-ring (bicyclic) bond motifs is 1. The van der Waals surface area contributed by atoms with Gasteiger partial charge in [-0.3, -0.25) is 4.79 Å². The van der Waals surface area contributed by atoms with Gasteiger partial charge in [0.25, 0.3) is 0 Å². The van der Waals surface area contributed by atoms with Crippen LogP contribution in [-0.4, -0.2) is 12.6 Å². The Balaban J connectivity index is 1.97. The van der Waals surface area contributed by atoms with Crippen LogP contribution >= 0.6 is 0 Å². The quantitative estimate of drug-likeness (QED) is 0.804. The third-order valence-corrected chi connectivity index (χ3v) is 3.21. The van der Waals surface area contributed by atoms with Crippen molar-refractivity contribution in [1.29, 1.82) is 0 Å². The summed E-state index contributed by atoms with van der Waals surface area (Å²) in [6, 6.07) is 7.80. The van der Waals surface area contributed by atoms with E-state index in [0.29, 0.717) is 28.6 Å². The van der Waals surface area contributed by atoms with E-state index in [1.165, 1.54) is 19.1 Å². The summed E-state index contributed by atoms with van der Waals surface area (Å²) < 4.78 is 29.8. The Hall–Kier alpha value is -2.56. The first-order chi connectivity index (χ1) is 10.0. The molecule has 0 atom stereocenters. The average molecular weight is 288 g/mol. The zero-order chi connectivity index (χ0) is 15.0. The Bertz CT molecular complexity index is 724. The van der Waals surface area contributed by atoms with Gasteiger partial charge >= 0.3 is 0 Å². The van der Waals surface area contributed by atoms with Crippen LogP contribution in [0.5, 0.6) is 23.0 Å². The first kappa shape index (κ1) is 13.4. The van der Waals surface area contributed by atoms with Crippen LogP contribution in [0.2, 0.25) is 0 Å². The highest BCUT2D eigenvalue weighted by Gasteiger charge is 2.17. The number of carbonyl (C=O) groups excluding carboxylic acids is 1. The number of carbonyl (C=O) groups is 1. The molecule has 108 valence electrons. The number of benzene rings is 2. The summed E-state index contributed by atoms with van der Waals surface area (Å²) in [4.78, 5) is 11.6. The number of ketones is 1. The number of ether oxygens (including phenoxy) is 3. The fraction of sp³-hybridized carbons (Fsp3) is 0.188. The fourth-order valence-electron chi connectivity index (χ4n) is 2.08. The molecule has 0 amide bonds. The zero-order valence-electron chi connectivity index (χ0n) is 11.6. The van der Waals surface area contributed by atoms with Crippen LogP contribution in [0.1, 0.15) is 22.8 Å². The summed E-state index contributed by atoms with van der Waals surface area (Å²) >= 11 is 0. The molecule has 0 fully saturated rings. The van der Waals surface area contributed by atoms with Crippen molar-refractivity contribution in [2.45, 2.75) is 13.8 Å². The van der Waals surface area contributed by atoms with E-state index in [0.717, 1.165) is 0 Å². The van der Waals surface area contributed by atoms with Gasteiger partial charge < -0.3 is 14.2 Å². The second kappa shape index (κ2) is 5.09. The van der Waals surface area contributed by atoms with Crippen LogP contribution in [0.25, 0.3) is 0 Å². The molecule has 2 aromatic carbocycles. The topological polar surface area (TPSA) is 44.8 Å². The highest BCUT2D eigenvalue weighted by molar-refractivity contribution is 5.97. The molecule has 0 unspecified atom stereocenters. The van der Waals surface area contributed by atoms with E-state index >= 15 is 0 Å². The van der Waals surface area contributed by atoms with Gasteiger partial charge in [0.05, 0.1) is 5.56 Å².